The van der Waals surface area contributed by atoms with Gasteiger partial charge in [0, 0.05) is 6.92 Å². The molecular formula is C6H8F2O3. The van der Waals surface area contributed by atoms with E-state index in [1.165, 1.54) is 0 Å². The van der Waals surface area contributed by atoms with Crippen LogP contribution in [0.3, 0.4) is 0 Å². The first kappa shape index (κ1) is 8.23. The number of halogens is 2. The van der Waals surface area contributed by atoms with Crippen LogP contribution in [-0.2, 0) is 9.47 Å². The van der Waals surface area contributed by atoms with Crippen LogP contribution in [0.5, 0.6) is 0 Å². The molecule has 0 aromatic heterocycles. The van der Waals surface area contributed by atoms with Crippen LogP contribution in [0, 0.1) is 0 Å². The smallest absolute Gasteiger partial charge is 0.431 e. The highest BCUT2D eigenvalue weighted by Gasteiger charge is 2.54. The maximum absolute atomic E-state index is 13.0. The number of hydrogen-bond acceptors (Lipinski definition) is 3. The fourth-order valence-corrected chi connectivity index (χ4v) is 0.616. The second-order valence-corrected chi connectivity index (χ2v) is 2.75. The maximum atomic E-state index is 13.0. The van der Waals surface area contributed by atoms with Gasteiger partial charge in [-0.25, -0.2) is 9.18 Å². The first-order valence-corrected chi connectivity index (χ1v) is 3.09. The van der Waals surface area contributed by atoms with E-state index in [1.807, 2.05) is 0 Å². The fourth-order valence-electron chi connectivity index (χ4n) is 0.616. The van der Waals surface area contributed by atoms with E-state index in [1.54, 1.807) is 0 Å². The van der Waals surface area contributed by atoms with Gasteiger partial charge in [-0.1, -0.05) is 0 Å². The average molecular weight is 166 g/mol. The zero-order chi connectivity index (χ0) is 8.70. The SMILES string of the molecule is CC1(F)COC(=O)OC1(C)F. The van der Waals surface area contributed by atoms with Crippen LogP contribution in [0.15, 0.2) is 0 Å². The average Bonchev–Trinajstić information content (AvgIpc) is 1.80. The lowest BCUT2D eigenvalue weighted by molar-refractivity contribution is -0.233. The minimum absolute atomic E-state index is 0.612. The lowest BCUT2D eigenvalue weighted by Crippen LogP contribution is -2.54. The maximum Gasteiger partial charge on any atom is 0.511 e. The quantitative estimate of drug-likeness (QED) is 0.512. The molecule has 1 aliphatic rings. The van der Waals surface area contributed by atoms with Crippen molar-refractivity contribution in [2.24, 2.45) is 0 Å². The molecule has 11 heavy (non-hydrogen) atoms. The molecule has 3 nitrogen and oxygen atoms in total. The Labute approximate surface area is 62.3 Å². The van der Waals surface area contributed by atoms with E-state index >= 15 is 0 Å². The second kappa shape index (κ2) is 2.06. The molecule has 2 atom stereocenters. The Bertz CT molecular complexity index is 188. The molecule has 0 bridgehead atoms. The zero-order valence-electron chi connectivity index (χ0n) is 6.19. The van der Waals surface area contributed by atoms with E-state index in [-0.39, 0.29) is 0 Å². The van der Waals surface area contributed by atoms with Gasteiger partial charge in [-0.15, -0.1) is 0 Å². The zero-order valence-corrected chi connectivity index (χ0v) is 6.19. The summed E-state index contributed by atoms with van der Waals surface area (Å²) in [5.41, 5.74) is -2.28. The third-order valence-corrected chi connectivity index (χ3v) is 1.67. The van der Waals surface area contributed by atoms with E-state index in [9.17, 15) is 13.6 Å². The number of carbonyl (C=O) groups excluding carboxylic acids is 1. The molecule has 0 aromatic carbocycles. The normalized spacial score (nSPS) is 44.5. The predicted octanol–water partition coefficient (Wildman–Crippen LogP) is 1.57. The molecule has 0 spiro atoms. The summed E-state index contributed by atoms with van der Waals surface area (Å²) < 4.78 is 34.2. The van der Waals surface area contributed by atoms with E-state index < -0.39 is 24.3 Å². The summed E-state index contributed by atoms with van der Waals surface area (Å²) in [5, 5.41) is 0. The Morgan fingerprint density at radius 1 is 1.45 bits per heavy atom. The van der Waals surface area contributed by atoms with Crippen molar-refractivity contribution in [1.29, 1.82) is 0 Å². The van der Waals surface area contributed by atoms with Gasteiger partial charge in [0.1, 0.15) is 6.61 Å². The van der Waals surface area contributed by atoms with Crippen LogP contribution in [0.1, 0.15) is 13.8 Å². The Hall–Kier alpha value is -0.870. The fraction of sp³-hybridized carbons (Fsp3) is 0.833. The third kappa shape index (κ3) is 1.27. The minimum Gasteiger partial charge on any atom is -0.431 e. The first-order chi connectivity index (χ1) is 4.85. The molecular weight excluding hydrogens is 158 g/mol. The lowest BCUT2D eigenvalue weighted by atomic mass is 10.0. The van der Waals surface area contributed by atoms with Gasteiger partial charge in [-0.3, -0.25) is 0 Å². The van der Waals surface area contributed by atoms with Gasteiger partial charge >= 0.3 is 6.16 Å². The highest BCUT2D eigenvalue weighted by Crippen LogP contribution is 2.35. The lowest BCUT2D eigenvalue weighted by Gasteiger charge is -2.35. The monoisotopic (exact) mass is 166 g/mol. The summed E-state index contributed by atoms with van der Waals surface area (Å²) >= 11 is 0. The van der Waals surface area contributed by atoms with Crippen molar-refractivity contribution >= 4 is 6.16 Å². The van der Waals surface area contributed by atoms with Crippen LogP contribution in [0.2, 0.25) is 0 Å². The van der Waals surface area contributed by atoms with Gasteiger partial charge in [0.2, 0.25) is 5.67 Å². The van der Waals surface area contributed by atoms with E-state index in [2.05, 4.69) is 9.47 Å². The predicted molar refractivity (Wildman–Crippen MR) is 31.5 cm³/mol. The van der Waals surface area contributed by atoms with Gasteiger partial charge in [0.25, 0.3) is 5.85 Å². The van der Waals surface area contributed by atoms with Crippen molar-refractivity contribution in [2.45, 2.75) is 25.4 Å². The van der Waals surface area contributed by atoms with Crippen LogP contribution in [0.4, 0.5) is 13.6 Å². The Kier molecular flexibility index (Phi) is 1.54. The molecule has 64 valence electrons. The van der Waals surface area contributed by atoms with Gasteiger partial charge in [-0.2, -0.15) is 4.39 Å². The molecule has 1 fully saturated rings. The highest BCUT2D eigenvalue weighted by atomic mass is 19.2. The second-order valence-electron chi connectivity index (χ2n) is 2.75. The molecule has 1 saturated heterocycles. The van der Waals surface area contributed by atoms with Crippen molar-refractivity contribution in [3.05, 3.63) is 0 Å². The first-order valence-electron chi connectivity index (χ1n) is 3.09. The van der Waals surface area contributed by atoms with Crippen molar-refractivity contribution in [3.8, 4) is 0 Å². The van der Waals surface area contributed by atoms with Gasteiger partial charge < -0.3 is 9.47 Å². The Balaban J connectivity index is 2.80. The van der Waals surface area contributed by atoms with Crippen LogP contribution < -0.4 is 0 Å². The Morgan fingerprint density at radius 2 is 2.00 bits per heavy atom. The topological polar surface area (TPSA) is 35.5 Å². The third-order valence-electron chi connectivity index (χ3n) is 1.67. The Morgan fingerprint density at radius 3 is 2.36 bits per heavy atom. The summed E-state index contributed by atoms with van der Waals surface area (Å²) in [6, 6.07) is 0. The van der Waals surface area contributed by atoms with Crippen molar-refractivity contribution in [3.63, 3.8) is 0 Å². The van der Waals surface area contributed by atoms with Gasteiger partial charge in [-0.05, 0) is 6.92 Å². The molecule has 0 aromatic rings. The molecule has 0 amide bonds. The van der Waals surface area contributed by atoms with E-state index in [0.717, 1.165) is 13.8 Å². The van der Waals surface area contributed by atoms with Crippen LogP contribution in [0.25, 0.3) is 0 Å². The largest absolute Gasteiger partial charge is 0.511 e. The van der Waals surface area contributed by atoms with Crippen molar-refractivity contribution in [1.82, 2.24) is 0 Å². The van der Waals surface area contributed by atoms with E-state index in [0.29, 0.717) is 0 Å². The van der Waals surface area contributed by atoms with Crippen molar-refractivity contribution in [2.75, 3.05) is 6.61 Å². The van der Waals surface area contributed by atoms with Crippen LogP contribution in [-0.4, -0.2) is 24.3 Å². The van der Waals surface area contributed by atoms with E-state index in [4.69, 9.17) is 0 Å². The molecule has 0 radical (unpaired) electrons. The summed E-state index contributed by atoms with van der Waals surface area (Å²) in [5.74, 6) is -2.59. The van der Waals surface area contributed by atoms with Crippen molar-refractivity contribution < 1.29 is 23.0 Å². The molecule has 2 unspecified atom stereocenters. The molecule has 0 saturated carbocycles. The molecule has 5 heteroatoms. The number of cyclic esters (lactones) is 2. The highest BCUT2D eigenvalue weighted by molar-refractivity contribution is 5.61. The molecule has 0 N–H and O–H groups in total. The number of hydrogen-bond donors (Lipinski definition) is 0. The number of carbonyl (C=O) groups is 1. The minimum atomic E-state index is -2.59. The molecule has 0 aliphatic carbocycles. The van der Waals surface area contributed by atoms with Gasteiger partial charge in [0.15, 0.2) is 0 Å². The number of rotatable bonds is 0. The number of ether oxygens (including phenoxy) is 2. The molecule has 1 heterocycles. The number of alkyl halides is 2. The summed E-state index contributed by atoms with van der Waals surface area (Å²) in [6.45, 7) is 1.21. The molecule has 1 rings (SSSR count). The summed E-state index contributed by atoms with van der Waals surface area (Å²) in [7, 11) is 0. The summed E-state index contributed by atoms with van der Waals surface area (Å²) in [6.07, 6.45) is -1.18. The molecule has 1 aliphatic heterocycles. The van der Waals surface area contributed by atoms with Crippen LogP contribution >= 0.6 is 0 Å². The summed E-state index contributed by atoms with van der Waals surface area (Å²) in [4.78, 5) is 10.3. The van der Waals surface area contributed by atoms with Gasteiger partial charge in [0.05, 0.1) is 0 Å². The standard InChI is InChI=1S/C6H8F2O3/c1-5(7)3-10-4(9)11-6(5,2)8/h3H2,1-2H3.